The Kier molecular flexibility index (Phi) is 9.14. The van der Waals surface area contributed by atoms with Gasteiger partial charge in [-0.25, -0.2) is 0 Å². The molecular weight excluding hydrogens is 509 g/mol. The van der Waals surface area contributed by atoms with Gasteiger partial charge in [0.1, 0.15) is 0 Å². The summed E-state index contributed by atoms with van der Waals surface area (Å²) in [6, 6.07) is 9.87. The van der Waals surface area contributed by atoms with E-state index in [1.54, 1.807) is 7.05 Å². The molecule has 0 saturated carbocycles. The lowest BCUT2D eigenvalue weighted by Gasteiger charge is -2.22. The molecular formula is C18H25BrIN5O. The molecule has 142 valence electrons. The molecule has 0 fully saturated rings. The highest BCUT2D eigenvalue weighted by atomic mass is 127. The first-order chi connectivity index (χ1) is 11.9. The van der Waals surface area contributed by atoms with E-state index in [1.807, 2.05) is 44.6 Å². The normalized spacial score (nSPS) is 10.9. The summed E-state index contributed by atoms with van der Waals surface area (Å²) in [5.74, 6) is 0.733. The molecule has 8 heteroatoms. The highest BCUT2D eigenvalue weighted by molar-refractivity contribution is 14.0. The number of aliphatic imine (C=N–C) groups is 1. The maximum atomic E-state index is 11.2. The van der Waals surface area contributed by atoms with E-state index in [-0.39, 0.29) is 29.9 Å². The topological polar surface area (TPSA) is 61.7 Å². The minimum Gasteiger partial charge on any atom is -0.352 e. The molecule has 0 bridgehead atoms. The minimum absolute atomic E-state index is 0. The maximum Gasteiger partial charge on any atom is 0.221 e. The zero-order valence-electron chi connectivity index (χ0n) is 15.4. The lowest BCUT2D eigenvalue weighted by molar-refractivity contribution is -0.114. The zero-order valence-corrected chi connectivity index (χ0v) is 19.3. The number of carbonyl (C=O) groups excluding carboxylic acids is 1. The van der Waals surface area contributed by atoms with Crippen molar-refractivity contribution in [1.29, 1.82) is 0 Å². The van der Waals surface area contributed by atoms with Crippen LogP contribution in [-0.2, 0) is 24.9 Å². The van der Waals surface area contributed by atoms with Gasteiger partial charge in [-0.3, -0.25) is 9.79 Å². The van der Waals surface area contributed by atoms with Gasteiger partial charge < -0.3 is 20.1 Å². The molecule has 0 aliphatic carbocycles. The molecule has 0 unspecified atom stereocenters. The number of guanidine groups is 1. The van der Waals surface area contributed by atoms with Gasteiger partial charge in [-0.1, -0.05) is 12.1 Å². The predicted molar refractivity (Wildman–Crippen MR) is 121 cm³/mol. The summed E-state index contributed by atoms with van der Waals surface area (Å²) in [7, 11) is 5.80. The number of amides is 1. The molecule has 0 spiro atoms. The van der Waals surface area contributed by atoms with Crippen molar-refractivity contribution in [3.63, 3.8) is 0 Å². The Morgan fingerprint density at radius 2 is 2.08 bits per heavy atom. The Hall–Kier alpha value is -1.55. The lowest BCUT2D eigenvalue weighted by Crippen LogP contribution is -2.38. The Morgan fingerprint density at radius 1 is 1.35 bits per heavy atom. The standard InChI is InChI=1S/C18H24BrN5O.HI/c1-13(25)22-16-7-5-6-14(8-16)10-21-18(20-2)24(4)12-17-9-15(19)11-23(17)3;/h5-9,11H,10,12H2,1-4H3,(H,20,21)(H,22,25);1H. The Bertz CT molecular complexity index is 775. The van der Waals surface area contributed by atoms with Crippen LogP contribution >= 0.6 is 39.9 Å². The van der Waals surface area contributed by atoms with Crippen LogP contribution in [0.25, 0.3) is 0 Å². The molecule has 1 aromatic heterocycles. The third-order valence-electron chi connectivity index (χ3n) is 3.75. The number of hydrogen-bond donors (Lipinski definition) is 2. The molecule has 2 rings (SSSR count). The van der Waals surface area contributed by atoms with Crippen LogP contribution in [0, 0.1) is 0 Å². The molecule has 1 heterocycles. The van der Waals surface area contributed by atoms with E-state index < -0.39 is 0 Å². The van der Waals surface area contributed by atoms with Crippen LogP contribution in [0.3, 0.4) is 0 Å². The summed E-state index contributed by atoms with van der Waals surface area (Å²) in [6.07, 6.45) is 2.03. The van der Waals surface area contributed by atoms with Gasteiger partial charge in [0, 0.05) is 56.7 Å². The SMILES string of the molecule is CN=C(NCc1cccc(NC(C)=O)c1)N(C)Cc1cc(Br)cn1C.I. The number of nitrogens with one attached hydrogen (secondary N) is 2. The van der Waals surface area contributed by atoms with Crippen LogP contribution in [-0.4, -0.2) is 35.4 Å². The summed E-state index contributed by atoms with van der Waals surface area (Å²) in [5, 5.41) is 6.15. The fourth-order valence-electron chi connectivity index (χ4n) is 2.57. The number of nitrogens with zero attached hydrogens (tertiary/aromatic N) is 3. The second kappa shape index (κ2) is 10.6. The summed E-state index contributed by atoms with van der Waals surface area (Å²) in [4.78, 5) is 17.6. The summed E-state index contributed by atoms with van der Waals surface area (Å²) >= 11 is 3.50. The Balaban J connectivity index is 0.00000338. The first-order valence-electron chi connectivity index (χ1n) is 7.98. The van der Waals surface area contributed by atoms with Gasteiger partial charge >= 0.3 is 0 Å². The molecule has 0 aliphatic heterocycles. The van der Waals surface area contributed by atoms with E-state index in [2.05, 4.69) is 47.1 Å². The minimum atomic E-state index is -0.0746. The number of hydrogen-bond acceptors (Lipinski definition) is 2. The number of aromatic nitrogens is 1. The van der Waals surface area contributed by atoms with Gasteiger partial charge in [0.25, 0.3) is 0 Å². The number of benzene rings is 1. The van der Waals surface area contributed by atoms with Crippen molar-refractivity contribution >= 4 is 57.5 Å². The van der Waals surface area contributed by atoms with E-state index in [9.17, 15) is 4.79 Å². The largest absolute Gasteiger partial charge is 0.352 e. The lowest BCUT2D eigenvalue weighted by atomic mass is 10.2. The summed E-state index contributed by atoms with van der Waals surface area (Å²) in [5.41, 5.74) is 3.05. The third-order valence-corrected chi connectivity index (χ3v) is 4.18. The molecule has 1 amide bonds. The van der Waals surface area contributed by atoms with Crippen LogP contribution in [0.15, 0.2) is 46.0 Å². The Morgan fingerprint density at radius 3 is 2.65 bits per heavy atom. The Labute approximate surface area is 180 Å². The van der Waals surface area contributed by atoms with Crippen molar-refractivity contribution in [3.8, 4) is 0 Å². The second-order valence-corrected chi connectivity index (χ2v) is 6.81. The monoisotopic (exact) mass is 533 g/mol. The van der Waals surface area contributed by atoms with E-state index in [4.69, 9.17) is 0 Å². The third kappa shape index (κ3) is 6.64. The molecule has 1 aromatic carbocycles. The molecule has 0 aliphatic rings. The maximum absolute atomic E-state index is 11.2. The van der Waals surface area contributed by atoms with Crippen molar-refractivity contribution in [2.75, 3.05) is 19.4 Å². The number of aryl methyl sites for hydroxylation is 1. The van der Waals surface area contributed by atoms with Crippen molar-refractivity contribution in [1.82, 2.24) is 14.8 Å². The first kappa shape index (κ1) is 22.5. The fourth-order valence-corrected chi connectivity index (χ4v) is 3.14. The van der Waals surface area contributed by atoms with Gasteiger partial charge in [-0.2, -0.15) is 0 Å². The average Bonchev–Trinajstić information content (AvgIpc) is 2.85. The van der Waals surface area contributed by atoms with E-state index in [0.29, 0.717) is 6.54 Å². The first-order valence-corrected chi connectivity index (χ1v) is 8.77. The number of anilines is 1. The quantitative estimate of drug-likeness (QED) is 0.351. The van der Waals surface area contributed by atoms with Crippen molar-refractivity contribution in [2.45, 2.75) is 20.0 Å². The van der Waals surface area contributed by atoms with E-state index in [0.717, 1.165) is 28.2 Å². The van der Waals surface area contributed by atoms with Crippen LogP contribution < -0.4 is 10.6 Å². The van der Waals surface area contributed by atoms with Crippen molar-refractivity contribution in [2.24, 2.45) is 12.0 Å². The molecule has 2 N–H and O–H groups in total. The molecule has 26 heavy (non-hydrogen) atoms. The smallest absolute Gasteiger partial charge is 0.221 e. The number of halogens is 2. The van der Waals surface area contributed by atoms with E-state index >= 15 is 0 Å². The van der Waals surface area contributed by atoms with Gasteiger partial charge in [0.2, 0.25) is 5.91 Å². The van der Waals surface area contributed by atoms with Gasteiger partial charge in [-0.05, 0) is 39.7 Å². The van der Waals surface area contributed by atoms with Gasteiger partial charge in [0.05, 0.1) is 6.54 Å². The van der Waals surface area contributed by atoms with Crippen LogP contribution in [0.1, 0.15) is 18.2 Å². The van der Waals surface area contributed by atoms with Crippen LogP contribution in [0.4, 0.5) is 5.69 Å². The number of rotatable bonds is 5. The van der Waals surface area contributed by atoms with Gasteiger partial charge in [0.15, 0.2) is 5.96 Å². The zero-order chi connectivity index (χ0) is 18.4. The predicted octanol–water partition coefficient (Wildman–Crippen LogP) is 3.57. The molecule has 0 saturated heterocycles. The van der Waals surface area contributed by atoms with Crippen LogP contribution in [0.2, 0.25) is 0 Å². The highest BCUT2D eigenvalue weighted by Crippen LogP contribution is 2.15. The van der Waals surface area contributed by atoms with Crippen LogP contribution in [0.5, 0.6) is 0 Å². The van der Waals surface area contributed by atoms with Crippen molar-refractivity contribution in [3.05, 3.63) is 52.3 Å². The van der Waals surface area contributed by atoms with Gasteiger partial charge in [-0.15, -0.1) is 24.0 Å². The molecule has 6 nitrogen and oxygen atoms in total. The average molecular weight is 534 g/mol. The second-order valence-electron chi connectivity index (χ2n) is 5.90. The summed E-state index contributed by atoms with van der Waals surface area (Å²) < 4.78 is 3.15. The van der Waals surface area contributed by atoms with E-state index in [1.165, 1.54) is 12.6 Å². The molecule has 0 atom stereocenters. The fraction of sp³-hybridized carbons (Fsp3) is 0.333. The number of carbonyl (C=O) groups is 1. The highest BCUT2D eigenvalue weighted by Gasteiger charge is 2.09. The molecule has 0 radical (unpaired) electrons. The molecule has 2 aromatic rings. The van der Waals surface area contributed by atoms with Crippen molar-refractivity contribution < 1.29 is 4.79 Å². The summed E-state index contributed by atoms with van der Waals surface area (Å²) in [6.45, 7) is 2.87.